The Hall–Kier alpha value is -0.160. The van der Waals surface area contributed by atoms with Crippen LogP contribution < -0.4 is 5.32 Å². The molecule has 0 bridgehead atoms. The van der Waals surface area contributed by atoms with Gasteiger partial charge in [-0.2, -0.15) is 0 Å². The van der Waals surface area contributed by atoms with E-state index >= 15 is 0 Å². The lowest BCUT2D eigenvalue weighted by Gasteiger charge is -2.22. The zero-order chi connectivity index (χ0) is 12.9. The first-order valence-electron chi connectivity index (χ1n) is 6.81. The van der Waals surface area contributed by atoms with Crippen molar-refractivity contribution in [3.63, 3.8) is 0 Å². The first-order chi connectivity index (χ1) is 8.20. The first kappa shape index (κ1) is 16.8. The molecule has 1 N–H and O–H groups in total. The summed E-state index contributed by atoms with van der Waals surface area (Å²) in [6, 6.07) is 0.552. The van der Waals surface area contributed by atoms with Crippen LogP contribution in [0.1, 0.15) is 27.7 Å². The van der Waals surface area contributed by atoms with Crippen molar-refractivity contribution < 1.29 is 9.47 Å². The van der Waals surface area contributed by atoms with Gasteiger partial charge in [0.1, 0.15) is 0 Å². The molecule has 0 heterocycles. The molecule has 4 heteroatoms. The monoisotopic (exact) mass is 246 g/mol. The molecular weight excluding hydrogens is 216 g/mol. The molecule has 4 nitrogen and oxygen atoms in total. The van der Waals surface area contributed by atoms with Crippen LogP contribution >= 0.6 is 0 Å². The minimum atomic E-state index is 0.552. The zero-order valence-corrected chi connectivity index (χ0v) is 12.0. The molecule has 0 aliphatic rings. The van der Waals surface area contributed by atoms with E-state index in [1.54, 1.807) is 0 Å². The minimum Gasteiger partial charge on any atom is -0.380 e. The van der Waals surface area contributed by atoms with Crippen molar-refractivity contribution in [2.24, 2.45) is 0 Å². The molecule has 0 aliphatic heterocycles. The molecular formula is C13H30N2O2. The highest BCUT2D eigenvalue weighted by molar-refractivity contribution is 4.61. The lowest BCUT2D eigenvalue weighted by atomic mass is 10.4. The van der Waals surface area contributed by atoms with Gasteiger partial charge in [0.05, 0.1) is 13.2 Å². The molecule has 0 spiro atoms. The van der Waals surface area contributed by atoms with E-state index in [0.717, 1.165) is 52.6 Å². The highest BCUT2D eigenvalue weighted by Gasteiger charge is 2.04. The Balaban J connectivity index is 3.67. The quantitative estimate of drug-likeness (QED) is 0.527. The third kappa shape index (κ3) is 12.1. The van der Waals surface area contributed by atoms with Gasteiger partial charge < -0.3 is 14.8 Å². The van der Waals surface area contributed by atoms with E-state index in [2.05, 4.69) is 24.1 Å². The standard InChI is InChI=1S/C13H30N2O2/c1-5-16-11-9-15(10-12-17-6-2)8-7-14-13(3)4/h13-14H,5-12H2,1-4H3. The van der Waals surface area contributed by atoms with Crippen molar-refractivity contribution >= 4 is 0 Å². The molecule has 0 fully saturated rings. The average molecular weight is 246 g/mol. The van der Waals surface area contributed by atoms with E-state index in [1.165, 1.54) is 0 Å². The fourth-order valence-corrected chi connectivity index (χ4v) is 1.52. The summed E-state index contributed by atoms with van der Waals surface area (Å²) in [4.78, 5) is 2.39. The first-order valence-corrected chi connectivity index (χ1v) is 6.81. The van der Waals surface area contributed by atoms with Crippen molar-refractivity contribution in [3.8, 4) is 0 Å². The molecule has 0 aromatic carbocycles. The summed E-state index contributed by atoms with van der Waals surface area (Å²) < 4.78 is 10.8. The Bertz CT molecular complexity index is 144. The van der Waals surface area contributed by atoms with Crippen LogP contribution in [0.2, 0.25) is 0 Å². The molecule has 0 amide bonds. The molecule has 0 saturated carbocycles. The second kappa shape index (κ2) is 12.3. The van der Waals surface area contributed by atoms with Gasteiger partial charge >= 0.3 is 0 Å². The van der Waals surface area contributed by atoms with Crippen molar-refractivity contribution in [3.05, 3.63) is 0 Å². The van der Waals surface area contributed by atoms with Gasteiger partial charge in [-0.05, 0) is 13.8 Å². The second-order valence-corrected chi connectivity index (χ2v) is 4.34. The van der Waals surface area contributed by atoms with Gasteiger partial charge in [0.15, 0.2) is 0 Å². The normalized spacial score (nSPS) is 11.6. The SMILES string of the molecule is CCOCCN(CCNC(C)C)CCOCC. The van der Waals surface area contributed by atoms with E-state index < -0.39 is 0 Å². The summed E-state index contributed by atoms with van der Waals surface area (Å²) >= 11 is 0. The van der Waals surface area contributed by atoms with Crippen molar-refractivity contribution in [2.75, 3.05) is 52.6 Å². The van der Waals surface area contributed by atoms with Gasteiger partial charge in [-0.1, -0.05) is 13.8 Å². The summed E-state index contributed by atoms with van der Waals surface area (Å²) in [5.41, 5.74) is 0. The summed E-state index contributed by atoms with van der Waals surface area (Å²) in [5.74, 6) is 0. The van der Waals surface area contributed by atoms with Gasteiger partial charge in [0, 0.05) is 45.4 Å². The number of hydrogen-bond donors (Lipinski definition) is 1. The Labute approximate surface area is 107 Å². The van der Waals surface area contributed by atoms with Crippen LogP contribution in [0.15, 0.2) is 0 Å². The number of rotatable bonds is 12. The highest BCUT2D eigenvalue weighted by Crippen LogP contribution is 1.90. The molecule has 17 heavy (non-hydrogen) atoms. The Morgan fingerprint density at radius 3 is 1.88 bits per heavy atom. The average Bonchev–Trinajstić information content (AvgIpc) is 2.28. The minimum absolute atomic E-state index is 0.552. The third-order valence-electron chi connectivity index (χ3n) is 2.49. The highest BCUT2D eigenvalue weighted by atomic mass is 16.5. The van der Waals surface area contributed by atoms with E-state index in [1.807, 2.05) is 13.8 Å². The predicted molar refractivity (Wildman–Crippen MR) is 72.6 cm³/mol. The van der Waals surface area contributed by atoms with Gasteiger partial charge in [0.2, 0.25) is 0 Å². The van der Waals surface area contributed by atoms with Gasteiger partial charge in [-0.15, -0.1) is 0 Å². The summed E-state index contributed by atoms with van der Waals surface area (Å²) in [6.45, 7) is 15.7. The summed E-state index contributed by atoms with van der Waals surface area (Å²) in [5, 5.41) is 3.43. The molecule has 0 unspecified atom stereocenters. The maximum atomic E-state index is 5.39. The number of nitrogens with one attached hydrogen (secondary N) is 1. The molecule has 0 aromatic heterocycles. The van der Waals surface area contributed by atoms with Crippen molar-refractivity contribution in [1.82, 2.24) is 10.2 Å². The topological polar surface area (TPSA) is 33.7 Å². The largest absolute Gasteiger partial charge is 0.380 e. The predicted octanol–water partition coefficient (Wildman–Crippen LogP) is 1.36. The second-order valence-electron chi connectivity index (χ2n) is 4.34. The maximum Gasteiger partial charge on any atom is 0.0593 e. The Kier molecular flexibility index (Phi) is 12.2. The van der Waals surface area contributed by atoms with Crippen LogP contribution in [0.25, 0.3) is 0 Å². The Morgan fingerprint density at radius 1 is 0.941 bits per heavy atom. The van der Waals surface area contributed by atoms with Crippen LogP contribution in [0.5, 0.6) is 0 Å². The van der Waals surface area contributed by atoms with Crippen LogP contribution in [0.4, 0.5) is 0 Å². The fourth-order valence-electron chi connectivity index (χ4n) is 1.52. The third-order valence-corrected chi connectivity index (χ3v) is 2.49. The summed E-state index contributed by atoms with van der Waals surface area (Å²) in [7, 11) is 0. The molecule has 0 aromatic rings. The molecule has 0 rings (SSSR count). The van der Waals surface area contributed by atoms with Crippen LogP contribution in [-0.4, -0.2) is 63.5 Å². The molecule has 0 aliphatic carbocycles. The van der Waals surface area contributed by atoms with E-state index in [9.17, 15) is 0 Å². The molecule has 0 saturated heterocycles. The number of nitrogens with zero attached hydrogens (tertiary/aromatic N) is 1. The smallest absolute Gasteiger partial charge is 0.0593 e. The zero-order valence-electron chi connectivity index (χ0n) is 12.0. The number of hydrogen-bond acceptors (Lipinski definition) is 4. The van der Waals surface area contributed by atoms with Gasteiger partial charge in [-0.3, -0.25) is 4.90 Å². The fraction of sp³-hybridized carbons (Fsp3) is 1.00. The van der Waals surface area contributed by atoms with Crippen LogP contribution in [0.3, 0.4) is 0 Å². The summed E-state index contributed by atoms with van der Waals surface area (Å²) in [6.07, 6.45) is 0. The van der Waals surface area contributed by atoms with Gasteiger partial charge in [0.25, 0.3) is 0 Å². The number of ether oxygens (including phenoxy) is 2. The van der Waals surface area contributed by atoms with Crippen LogP contribution in [0, 0.1) is 0 Å². The molecule has 0 atom stereocenters. The van der Waals surface area contributed by atoms with E-state index in [-0.39, 0.29) is 0 Å². The Morgan fingerprint density at radius 2 is 1.47 bits per heavy atom. The molecule has 104 valence electrons. The van der Waals surface area contributed by atoms with Gasteiger partial charge in [-0.25, -0.2) is 0 Å². The lowest BCUT2D eigenvalue weighted by molar-refractivity contribution is 0.0830. The van der Waals surface area contributed by atoms with E-state index in [4.69, 9.17) is 9.47 Å². The molecule has 0 radical (unpaired) electrons. The lowest BCUT2D eigenvalue weighted by Crippen LogP contribution is -2.38. The van der Waals surface area contributed by atoms with Crippen molar-refractivity contribution in [2.45, 2.75) is 33.7 Å². The maximum absolute atomic E-state index is 5.39. The van der Waals surface area contributed by atoms with E-state index in [0.29, 0.717) is 6.04 Å². The van der Waals surface area contributed by atoms with Crippen molar-refractivity contribution in [1.29, 1.82) is 0 Å². The van der Waals surface area contributed by atoms with Crippen LogP contribution in [-0.2, 0) is 9.47 Å².